The summed E-state index contributed by atoms with van der Waals surface area (Å²) in [7, 11) is 0. The first kappa shape index (κ1) is 16.9. The highest BCUT2D eigenvalue weighted by Crippen LogP contribution is 2.36. The van der Waals surface area contributed by atoms with Gasteiger partial charge in [-0.25, -0.2) is 9.37 Å². The van der Waals surface area contributed by atoms with Gasteiger partial charge in [-0.2, -0.15) is 0 Å². The second kappa shape index (κ2) is 6.44. The number of nitrogens with zero attached hydrogens (tertiary/aromatic N) is 3. The Hall–Kier alpha value is -3.22. The van der Waals surface area contributed by atoms with E-state index in [1.807, 2.05) is 10.6 Å². The van der Waals surface area contributed by atoms with Crippen molar-refractivity contribution in [1.82, 2.24) is 14.5 Å². The van der Waals surface area contributed by atoms with Crippen molar-refractivity contribution < 1.29 is 13.6 Å². The zero-order valence-corrected chi connectivity index (χ0v) is 15.0. The third-order valence-corrected chi connectivity index (χ3v) is 5.64. The third kappa shape index (κ3) is 2.74. The van der Waals surface area contributed by atoms with Crippen LogP contribution in [0.15, 0.2) is 58.1 Å². The molecule has 1 fully saturated rings. The molecule has 2 aliphatic rings. The van der Waals surface area contributed by atoms with Crippen molar-refractivity contribution in [3.05, 3.63) is 76.4 Å². The van der Waals surface area contributed by atoms with E-state index < -0.39 is 0 Å². The Bertz CT molecular complexity index is 1100. The Morgan fingerprint density at radius 2 is 1.93 bits per heavy atom. The molecular formula is C21H18FN3O3. The van der Waals surface area contributed by atoms with E-state index in [0.29, 0.717) is 31.0 Å². The molecule has 1 saturated heterocycles. The van der Waals surface area contributed by atoms with Crippen molar-refractivity contribution in [3.63, 3.8) is 0 Å². The minimum atomic E-state index is -0.353. The van der Waals surface area contributed by atoms with Crippen molar-refractivity contribution in [1.29, 1.82) is 0 Å². The number of amides is 1. The van der Waals surface area contributed by atoms with Crippen LogP contribution in [0.25, 0.3) is 11.3 Å². The summed E-state index contributed by atoms with van der Waals surface area (Å²) in [5.74, 6) is 0.156. The summed E-state index contributed by atoms with van der Waals surface area (Å²) in [6.45, 7) is 1.74. The largest absolute Gasteiger partial charge is 0.443 e. The number of likely N-dealkylation sites (tertiary alicyclic amines) is 1. The van der Waals surface area contributed by atoms with Crippen LogP contribution in [0.5, 0.6) is 0 Å². The van der Waals surface area contributed by atoms with Crippen molar-refractivity contribution in [2.24, 2.45) is 5.92 Å². The summed E-state index contributed by atoms with van der Waals surface area (Å²) in [6, 6.07) is 11.1. The Balaban J connectivity index is 1.45. The number of benzene rings is 1. The molecule has 2 bridgehead atoms. The molecule has 1 aromatic carbocycles. The Kier molecular flexibility index (Phi) is 3.89. The molecule has 2 aromatic heterocycles. The average molecular weight is 379 g/mol. The maximum absolute atomic E-state index is 13.2. The van der Waals surface area contributed by atoms with Crippen molar-refractivity contribution in [2.75, 3.05) is 13.1 Å². The smallest absolute Gasteiger partial charge is 0.276 e. The fraction of sp³-hybridized carbons (Fsp3) is 0.286. The monoisotopic (exact) mass is 379 g/mol. The van der Waals surface area contributed by atoms with Crippen LogP contribution >= 0.6 is 0 Å². The standard InChI is InChI=1S/C21H18FN3O3/c22-16-6-4-14(5-7-16)20-19(23-12-28-20)21(27)24-9-13-8-15(11-24)17-2-1-3-18(26)25(17)10-13/h1-7,12-13,15H,8-11H2. The second-order valence-corrected chi connectivity index (χ2v) is 7.45. The molecule has 0 saturated carbocycles. The molecule has 3 aromatic rings. The van der Waals surface area contributed by atoms with Gasteiger partial charge in [0.2, 0.25) is 0 Å². The van der Waals surface area contributed by atoms with E-state index in [0.717, 1.165) is 12.1 Å². The van der Waals surface area contributed by atoms with Crippen LogP contribution in [0.1, 0.15) is 28.5 Å². The van der Waals surface area contributed by atoms with Crippen LogP contribution in [-0.2, 0) is 6.54 Å². The van der Waals surface area contributed by atoms with Gasteiger partial charge >= 0.3 is 0 Å². The van der Waals surface area contributed by atoms with Crippen LogP contribution in [-0.4, -0.2) is 33.4 Å². The molecule has 0 N–H and O–H groups in total. The van der Waals surface area contributed by atoms with E-state index in [-0.39, 0.29) is 34.8 Å². The molecule has 0 spiro atoms. The Morgan fingerprint density at radius 3 is 2.75 bits per heavy atom. The molecule has 2 atom stereocenters. The molecule has 4 heterocycles. The molecule has 5 rings (SSSR count). The van der Waals surface area contributed by atoms with Crippen molar-refractivity contribution >= 4 is 5.91 Å². The molecule has 1 amide bonds. The first-order chi connectivity index (χ1) is 13.6. The zero-order valence-electron chi connectivity index (χ0n) is 15.0. The lowest BCUT2D eigenvalue weighted by atomic mass is 9.83. The van der Waals surface area contributed by atoms with Crippen molar-refractivity contribution in [3.8, 4) is 11.3 Å². The molecule has 2 aliphatic heterocycles. The van der Waals surface area contributed by atoms with Gasteiger partial charge in [0.1, 0.15) is 5.82 Å². The van der Waals surface area contributed by atoms with E-state index >= 15 is 0 Å². The van der Waals surface area contributed by atoms with E-state index in [1.54, 1.807) is 29.2 Å². The number of fused-ring (bicyclic) bond motifs is 4. The van der Waals surface area contributed by atoms with Crippen LogP contribution in [0.2, 0.25) is 0 Å². The average Bonchev–Trinajstić information content (AvgIpc) is 3.18. The molecule has 6 nitrogen and oxygen atoms in total. The zero-order chi connectivity index (χ0) is 19.3. The van der Waals surface area contributed by atoms with E-state index in [2.05, 4.69) is 4.98 Å². The predicted octanol–water partition coefficient (Wildman–Crippen LogP) is 2.90. The number of carbonyl (C=O) groups is 1. The lowest BCUT2D eigenvalue weighted by Crippen LogP contribution is -2.49. The van der Waals surface area contributed by atoms with Gasteiger partial charge in [0, 0.05) is 42.9 Å². The van der Waals surface area contributed by atoms with E-state index in [4.69, 9.17) is 4.42 Å². The van der Waals surface area contributed by atoms with Gasteiger partial charge in [0.15, 0.2) is 17.8 Å². The number of aromatic nitrogens is 2. The highest BCUT2D eigenvalue weighted by atomic mass is 19.1. The summed E-state index contributed by atoms with van der Waals surface area (Å²) < 4.78 is 20.5. The van der Waals surface area contributed by atoms with Crippen molar-refractivity contribution in [2.45, 2.75) is 18.9 Å². The second-order valence-electron chi connectivity index (χ2n) is 7.45. The molecule has 28 heavy (non-hydrogen) atoms. The number of halogens is 1. The quantitative estimate of drug-likeness (QED) is 0.687. The molecular weight excluding hydrogens is 361 g/mol. The number of rotatable bonds is 2. The first-order valence-corrected chi connectivity index (χ1v) is 9.28. The van der Waals surface area contributed by atoms with E-state index in [1.165, 1.54) is 18.5 Å². The highest BCUT2D eigenvalue weighted by Gasteiger charge is 2.37. The Morgan fingerprint density at radius 1 is 1.11 bits per heavy atom. The number of hydrogen-bond donors (Lipinski definition) is 0. The number of oxazole rings is 1. The lowest BCUT2D eigenvalue weighted by molar-refractivity contribution is 0.0589. The molecule has 7 heteroatoms. The summed E-state index contributed by atoms with van der Waals surface area (Å²) in [4.78, 5) is 31.3. The fourth-order valence-electron chi connectivity index (χ4n) is 4.42. The normalized spacial score (nSPS) is 20.7. The van der Waals surface area contributed by atoms with Crippen LogP contribution < -0.4 is 5.56 Å². The predicted molar refractivity (Wildman–Crippen MR) is 99.4 cm³/mol. The van der Waals surface area contributed by atoms with Gasteiger partial charge in [-0.05, 0) is 42.7 Å². The maximum atomic E-state index is 13.2. The van der Waals surface area contributed by atoms with Gasteiger partial charge in [-0.15, -0.1) is 0 Å². The minimum Gasteiger partial charge on any atom is -0.443 e. The fourth-order valence-corrected chi connectivity index (χ4v) is 4.42. The van der Waals surface area contributed by atoms with Gasteiger partial charge in [0.25, 0.3) is 11.5 Å². The summed E-state index contributed by atoms with van der Waals surface area (Å²) >= 11 is 0. The molecule has 0 aliphatic carbocycles. The minimum absolute atomic E-state index is 0.0158. The molecule has 2 unspecified atom stereocenters. The Labute approximate surface area is 160 Å². The summed E-state index contributed by atoms with van der Waals surface area (Å²) in [5, 5.41) is 0. The maximum Gasteiger partial charge on any atom is 0.276 e. The number of piperidine rings is 1. The first-order valence-electron chi connectivity index (χ1n) is 9.28. The van der Waals surface area contributed by atoms with Crippen LogP contribution in [0, 0.1) is 11.7 Å². The summed E-state index contributed by atoms with van der Waals surface area (Å²) in [5.41, 5.74) is 1.84. The number of hydrogen-bond acceptors (Lipinski definition) is 4. The lowest BCUT2D eigenvalue weighted by Gasteiger charge is -2.42. The van der Waals surface area contributed by atoms with E-state index in [9.17, 15) is 14.0 Å². The van der Waals surface area contributed by atoms with Crippen LogP contribution in [0.4, 0.5) is 4.39 Å². The number of carbonyl (C=O) groups excluding carboxylic acids is 1. The topological polar surface area (TPSA) is 68.3 Å². The number of pyridine rings is 1. The third-order valence-electron chi connectivity index (χ3n) is 5.64. The van der Waals surface area contributed by atoms with Gasteiger partial charge in [0.05, 0.1) is 0 Å². The summed E-state index contributed by atoms with van der Waals surface area (Å²) in [6.07, 6.45) is 2.21. The van der Waals surface area contributed by atoms with Gasteiger partial charge in [-0.1, -0.05) is 6.07 Å². The van der Waals surface area contributed by atoms with Crippen LogP contribution in [0.3, 0.4) is 0 Å². The van der Waals surface area contributed by atoms with Gasteiger partial charge in [-0.3, -0.25) is 9.59 Å². The molecule has 0 radical (unpaired) electrons. The SMILES string of the molecule is O=C(c1ncoc1-c1ccc(F)cc1)N1CC2CC(C1)c1cccc(=O)n1C2. The van der Waals surface area contributed by atoms with Gasteiger partial charge < -0.3 is 13.9 Å². The molecule has 142 valence electrons. The highest BCUT2D eigenvalue weighted by molar-refractivity contribution is 5.97.